The number of nitrogens with zero attached hydrogens (tertiary/aromatic N) is 3. The normalized spacial score (nSPS) is 14.2. The maximum Gasteiger partial charge on any atom is 0.312 e. The zero-order valence-corrected chi connectivity index (χ0v) is 14.3. The summed E-state index contributed by atoms with van der Waals surface area (Å²) >= 11 is 0. The van der Waals surface area contributed by atoms with Crippen LogP contribution < -0.4 is 5.73 Å². The van der Waals surface area contributed by atoms with E-state index in [1.807, 2.05) is 0 Å². The van der Waals surface area contributed by atoms with Crippen molar-refractivity contribution in [2.45, 2.75) is 26.9 Å². The highest BCUT2D eigenvalue weighted by atomic mass is 19.1. The van der Waals surface area contributed by atoms with Crippen LogP contribution in [0.15, 0.2) is 18.2 Å². The number of hydrogen-bond acceptors (Lipinski definition) is 6. The second-order valence-electron chi connectivity index (χ2n) is 6.68. The van der Waals surface area contributed by atoms with E-state index in [-0.39, 0.29) is 17.2 Å². The van der Waals surface area contributed by atoms with Gasteiger partial charge in [0.25, 0.3) is 0 Å². The van der Waals surface area contributed by atoms with E-state index in [0.29, 0.717) is 0 Å². The molecule has 0 fully saturated rings. The fourth-order valence-electron chi connectivity index (χ4n) is 2.58. The van der Waals surface area contributed by atoms with Gasteiger partial charge in [-0.25, -0.2) is 8.78 Å². The van der Waals surface area contributed by atoms with Crippen molar-refractivity contribution in [3.8, 4) is 5.69 Å². The molecule has 0 radical (unpaired) electrons. The van der Waals surface area contributed by atoms with Gasteiger partial charge in [0.1, 0.15) is 29.1 Å². The molecule has 2 rings (SSSR count). The molecule has 1 aromatic carbocycles. The van der Waals surface area contributed by atoms with Gasteiger partial charge in [-0.2, -0.15) is 4.68 Å². The number of methoxy groups -OCH3 is 1. The van der Waals surface area contributed by atoms with E-state index < -0.39 is 35.0 Å². The van der Waals surface area contributed by atoms with Crippen molar-refractivity contribution in [3.63, 3.8) is 0 Å². The molecule has 9 heteroatoms. The topological polar surface area (TPSA) is 103 Å². The predicted molar refractivity (Wildman–Crippen MR) is 85.6 cm³/mol. The number of aromatic nitrogens is 3. The fourth-order valence-corrected chi connectivity index (χ4v) is 2.58. The molecule has 1 heterocycles. The predicted octanol–water partition coefficient (Wildman–Crippen LogP) is 2.00. The molecule has 0 aliphatic rings. The summed E-state index contributed by atoms with van der Waals surface area (Å²) in [5.74, 6) is -3.28. The molecule has 3 N–H and O–H groups in total. The van der Waals surface area contributed by atoms with Crippen LogP contribution in [-0.2, 0) is 9.53 Å². The van der Waals surface area contributed by atoms with Crippen molar-refractivity contribution >= 4 is 11.8 Å². The summed E-state index contributed by atoms with van der Waals surface area (Å²) in [7, 11) is 1.20. The van der Waals surface area contributed by atoms with Crippen molar-refractivity contribution < 1.29 is 23.4 Å². The number of esters is 1. The van der Waals surface area contributed by atoms with Crippen LogP contribution in [0.4, 0.5) is 14.6 Å². The first-order chi connectivity index (χ1) is 11.6. The van der Waals surface area contributed by atoms with Crippen LogP contribution in [0.2, 0.25) is 0 Å². The molecule has 0 saturated heterocycles. The number of rotatable bonds is 4. The Morgan fingerprint density at radius 3 is 2.56 bits per heavy atom. The third-order valence-corrected chi connectivity index (χ3v) is 3.85. The monoisotopic (exact) mass is 354 g/mol. The van der Waals surface area contributed by atoms with Crippen molar-refractivity contribution in [1.82, 2.24) is 15.0 Å². The first kappa shape index (κ1) is 18.8. The van der Waals surface area contributed by atoms with Crippen LogP contribution in [0.5, 0.6) is 0 Å². The first-order valence-electron chi connectivity index (χ1n) is 7.50. The van der Waals surface area contributed by atoms with E-state index in [4.69, 9.17) is 10.5 Å². The van der Waals surface area contributed by atoms with E-state index in [1.165, 1.54) is 7.11 Å². The number of anilines is 1. The average Bonchev–Trinajstić information content (AvgIpc) is 2.89. The molecule has 1 aromatic heterocycles. The van der Waals surface area contributed by atoms with Crippen molar-refractivity contribution in [1.29, 1.82) is 0 Å². The minimum atomic E-state index is -1.43. The molecule has 7 nitrogen and oxygen atoms in total. The Morgan fingerprint density at radius 1 is 1.36 bits per heavy atom. The molecule has 0 aliphatic carbocycles. The van der Waals surface area contributed by atoms with Gasteiger partial charge in [0.05, 0.1) is 13.0 Å². The number of halogens is 2. The van der Waals surface area contributed by atoms with Crippen LogP contribution in [0.25, 0.3) is 5.69 Å². The highest BCUT2D eigenvalue weighted by molar-refractivity contribution is 5.74. The lowest BCUT2D eigenvalue weighted by Crippen LogP contribution is -2.35. The van der Waals surface area contributed by atoms with Crippen LogP contribution in [0, 0.1) is 23.0 Å². The summed E-state index contributed by atoms with van der Waals surface area (Å²) in [6.45, 7) is 5.22. The van der Waals surface area contributed by atoms with Crippen molar-refractivity contribution in [3.05, 3.63) is 35.5 Å². The van der Waals surface area contributed by atoms with Crippen LogP contribution in [0.1, 0.15) is 32.6 Å². The molecule has 0 aliphatic heterocycles. The quantitative estimate of drug-likeness (QED) is 0.814. The van der Waals surface area contributed by atoms with Gasteiger partial charge < -0.3 is 15.6 Å². The fraction of sp³-hybridized carbons (Fsp3) is 0.438. The number of nitrogen functional groups attached to an aromatic ring is 1. The number of ether oxygens (including phenoxy) is 1. The minimum Gasteiger partial charge on any atom is -0.469 e. The highest BCUT2D eigenvalue weighted by Crippen LogP contribution is 2.38. The first-order valence-corrected chi connectivity index (χ1v) is 7.50. The molecular weight excluding hydrogens is 334 g/mol. The number of hydrogen-bond donors (Lipinski definition) is 2. The third-order valence-electron chi connectivity index (χ3n) is 3.85. The molecular formula is C16H20F2N4O3. The maximum absolute atomic E-state index is 13.9. The molecule has 0 bridgehead atoms. The number of carbonyl (C=O) groups is 1. The van der Waals surface area contributed by atoms with Crippen molar-refractivity contribution in [2.75, 3.05) is 12.8 Å². The number of nitrogens with two attached hydrogens (primary N) is 1. The zero-order chi connectivity index (χ0) is 18.9. The van der Waals surface area contributed by atoms with E-state index in [2.05, 4.69) is 10.3 Å². The largest absolute Gasteiger partial charge is 0.469 e. The van der Waals surface area contributed by atoms with Gasteiger partial charge in [-0.1, -0.05) is 26.0 Å². The lowest BCUT2D eigenvalue weighted by Gasteiger charge is -2.31. The lowest BCUT2D eigenvalue weighted by atomic mass is 9.76. The number of aliphatic hydroxyl groups is 1. The lowest BCUT2D eigenvalue weighted by molar-refractivity contribution is -0.155. The van der Waals surface area contributed by atoms with Gasteiger partial charge in [0, 0.05) is 6.07 Å². The maximum atomic E-state index is 13.9. The molecule has 136 valence electrons. The number of benzene rings is 1. The third kappa shape index (κ3) is 3.60. The molecule has 25 heavy (non-hydrogen) atoms. The highest BCUT2D eigenvalue weighted by Gasteiger charge is 2.41. The van der Waals surface area contributed by atoms with Crippen LogP contribution in [-0.4, -0.2) is 33.2 Å². The van der Waals surface area contributed by atoms with Gasteiger partial charge in [-0.3, -0.25) is 4.79 Å². The van der Waals surface area contributed by atoms with E-state index in [1.54, 1.807) is 20.8 Å². The standard InChI is InChI=1S/C16H20F2N4O3/c1-16(2,3)11(15(24)25-4)13(23)12-14(19)22(21-20-12)10-7-8(17)5-6-9(10)18/h5-7,11,13,23H,19H2,1-4H3. The molecule has 2 aromatic rings. The Labute approximate surface area is 143 Å². The zero-order valence-electron chi connectivity index (χ0n) is 14.3. The summed E-state index contributed by atoms with van der Waals surface area (Å²) in [5, 5.41) is 18.1. The summed E-state index contributed by atoms with van der Waals surface area (Å²) in [6.07, 6.45) is -1.43. The Morgan fingerprint density at radius 2 is 2.00 bits per heavy atom. The van der Waals surface area contributed by atoms with Gasteiger partial charge >= 0.3 is 5.97 Å². The molecule has 0 amide bonds. The molecule has 2 unspecified atom stereocenters. The van der Waals surface area contributed by atoms with Crippen LogP contribution >= 0.6 is 0 Å². The van der Waals surface area contributed by atoms with Crippen molar-refractivity contribution in [2.24, 2.45) is 11.3 Å². The minimum absolute atomic E-state index is 0.117. The summed E-state index contributed by atoms with van der Waals surface area (Å²) in [5.41, 5.74) is 4.87. The Balaban J connectivity index is 2.49. The van der Waals surface area contributed by atoms with E-state index in [0.717, 1.165) is 22.9 Å². The number of aliphatic hydroxyl groups excluding tert-OH is 1. The smallest absolute Gasteiger partial charge is 0.312 e. The van der Waals surface area contributed by atoms with E-state index in [9.17, 15) is 18.7 Å². The Hall–Kier alpha value is -2.55. The van der Waals surface area contributed by atoms with Gasteiger partial charge in [0.15, 0.2) is 5.82 Å². The molecule has 0 spiro atoms. The summed E-state index contributed by atoms with van der Waals surface area (Å²) in [6, 6.07) is 2.78. The van der Waals surface area contributed by atoms with Gasteiger partial charge in [0.2, 0.25) is 0 Å². The summed E-state index contributed by atoms with van der Waals surface area (Å²) in [4.78, 5) is 12.1. The number of carbonyl (C=O) groups excluding carboxylic acids is 1. The SMILES string of the molecule is COC(=O)C(C(O)c1nnn(-c2cc(F)ccc2F)c1N)C(C)(C)C. The second-order valence-corrected chi connectivity index (χ2v) is 6.68. The Bertz CT molecular complexity index is 786. The Kier molecular flexibility index (Phi) is 5.07. The average molecular weight is 354 g/mol. The second kappa shape index (κ2) is 6.75. The van der Waals surface area contributed by atoms with Gasteiger partial charge in [-0.05, 0) is 17.5 Å². The molecule has 2 atom stereocenters. The van der Waals surface area contributed by atoms with E-state index >= 15 is 0 Å². The van der Waals surface area contributed by atoms with Gasteiger partial charge in [-0.15, -0.1) is 5.10 Å². The molecule has 0 saturated carbocycles. The van der Waals surface area contributed by atoms with Crippen LogP contribution in [0.3, 0.4) is 0 Å². The summed E-state index contributed by atoms with van der Waals surface area (Å²) < 4.78 is 32.9.